The summed E-state index contributed by atoms with van der Waals surface area (Å²) < 4.78 is 0. The maximum Gasteiger partial charge on any atom is 0.192 e. The second-order valence-corrected chi connectivity index (χ2v) is 3.34. The van der Waals surface area contributed by atoms with Crippen LogP contribution in [-0.2, 0) is 0 Å². The van der Waals surface area contributed by atoms with Gasteiger partial charge in [0.2, 0.25) is 0 Å². The lowest BCUT2D eigenvalue weighted by Gasteiger charge is -2.01. The smallest absolute Gasteiger partial charge is 0.192 e. The van der Waals surface area contributed by atoms with Crippen LogP contribution < -0.4 is 33.6 Å². The summed E-state index contributed by atoms with van der Waals surface area (Å²) in [6.07, 6.45) is 3.37. The van der Waals surface area contributed by atoms with E-state index in [-0.39, 0.29) is 11.9 Å². The van der Waals surface area contributed by atoms with E-state index in [2.05, 4.69) is 5.32 Å². The van der Waals surface area contributed by atoms with E-state index in [1.165, 1.54) is 6.42 Å². The fourth-order valence-corrected chi connectivity index (χ4v) is 0.891. The molecule has 0 amide bonds. The fourth-order valence-electron chi connectivity index (χ4n) is 0.891. The lowest BCUT2D eigenvalue weighted by atomic mass is 10.3. The Bertz CT molecular complexity index is 173. The first kappa shape index (κ1) is 18.0. The van der Waals surface area contributed by atoms with Gasteiger partial charge in [-0.05, 0) is 45.4 Å². The Balaban J connectivity index is 0. The Kier molecular flexibility index (Phi) is 15.5. The van der Waals surface area contributed by atoms with Crippen molar-refractivity contribution in [2.24, 2.45) is 22.9 Å². The van der Waals surface area contributed by atoms with Crippen molar-refractivity contribution in [2.45, 2.75) is 19.3 Å². The van der Waals surface area contributed by atoms with E-state index in [4.69, 9.17) is 33.8 Å². The minimum absolute atomic E-state index is 0.312. The molecule has 12 N–H and O–H groups in total. The van der Waals surface area contributed by atoms with E-state index < -0.39 is 0 Å². The van der Waals surface area contributed by atoms with Crippen molar-refractivity contribution in [1.82, 2.24) is 10.6 Å². The molecule has 0 spiro atoms. The first-order valence-corrected chi connectivity index (χ1v) is 5.60. The van der Waals surface area contributed by atoms with Gasteiger partial charge in [-0.15, -0.1) is 0 Å². The third-order valence-corrected chi connectivity index (χ3v) is 1.63. The summed E-state index contributed by atoms with van der Waals surface area (Å²) in [5.74, 6) is -0.625. The third-order valence-electron chi connectivity index (χ3n) is 1.63. The number of nitrogens with two attached hydrogens (primary N) is 4. The normalized spacial score (nSPS) is 9.06. The number of nitrogens with one attached hydrogen (secondary N) is 4. The topological polar surface area (TPSA) is 176 Å². The number of rotatable bonds is 7. The van der Waals surface area contributed by atoms with E-state index in [1.54, 1.807) is 0 Å². The second kappa shape index (κ2) is 14.6. The van der Waals surface area contributed by atoms with Crippen LogP contribution in [0.5, 0.6) is 0 Å². The maximum atomic E-state index is 6.47. The van der Waals surface area contributed by atoms with Crippen LogP contribution in [0, 0.1) is 10.8 Å². The number of guanidine groups is 2. The second-order valence-electron chi connectivity index (χ2n) is 3.34. The minimum Gasteiger partial charge on any atom is -0.370 e. The van der Waals surface area contributed by atoms with Gasteiger partial charge in [-0.25, -0.2) is 0 Å². The van der Waals surface area contributed by atoms with Crippen molar-refractivity contribution < 1.29 is 0 Å². The van der Waals surface area contributed by atoms with Crippen molar-refractivity contribution >= 4 is 11.9 Å². The largest absolute Gasteiger partial charge is 0.370 e. The van der Waals surface area contributed by atoms with Crippen LogP contribution in [0.4, 0.5) is 0 Å². The molecule has 8 heteroatoms. The molecule has 0 atom stereocenters. The highest BCUT2D eigenvalue weighted by atomic mass is 15.1. The molecule has 0 aromatic carbocycles. The molecule has 8 nitrogen and oxygen atoms in total. The van der Waals surface area contributed by atoms with Crippen LogP contribution in [0.3, 0.4) is 0 Å². The minimum atomic E-state index is -0.312. The van der Waals surface area contributed by atoms with E-state index in [1.807, 2.05) is 5.32 Å². The third kappa shape index (κ3) is 25.2. The first-order chi connectivity index (χ1) is 8.04. The molecule has 0 aliphatic rings. The predicted octanol–water partition coefficient (Wildman–Crippen LogP) is -1.97. The van der Waals surface area contributed by atoms with Gasteiger partial charge in [0.05, 0.1) is 0 Å². The van der Waals surface area contributed by atoms with Gasteiger partial charge >= 0.3 is 0 Å². The van der Waals surface area contributed by atoms with Crippen molar-refractivity contribution in [3.8, 4) is 0 Å². The van der Waals surface area contributed by atoms with Gasteiger partial charge < -0.3 is 28.3 Å². The molecule has 102 valence electrons. The predicted molar refractivity (Wildman–Crippen MR) is 71.8 cm³/mol. The Labute approximate surface area is 102 Å². The lowest BCUT2D eigenvalue weighted by Crippen LogP contribution is -2.39. The molecular formula is C9H26N8. The summed E-state index contributed by atoms with van der Waals surface area (Å²) in [6, 6.07) is 0. The summed E-state index contributed by atoms with van der Waals surface area (Å²) in [5, 5.41) is 18.3. The standard InChI is InChI=1S/C7H19N3.C2H7N5/c8-4-1-2-6-10-7-3-5-9;3-1(4)7-2(5)6/h10H,1-9H2;(H7,3,4,5,6,7). The van der Waals surface area contributed by atoms with Crippen molar-refractivity contribution in [3.05, 3.63) is 0 Å². The van der Waals surface area contributed by atoms with Gasteiger partial charge in [0.25, 0.3) is 0 Å². The van der Waals surface area contributed by atoms with Crippen molar-refractivity contribution in [3.63, 3.8) is 0 Å². The molecule has 0 unspecified atom stereocenters. The SMILES string of the molecule is N=C(N)NC(=N)N.NCCCCNCCCN. The Hall–Kier alpha value is -1.38. The molecule has 0 aromatic rings. The maximum absolute atomic E-state index is 6.47. The molecule has 0 rings (SSSR count). The number of hydrogen-bond donors (Lipinski definition) is 8. The van der Waals surface area contributed by atoms with Gasteiger partial charge in [-0.2, -0.15) is 0 Å². The van der Waals surface area contributed by atoms with E-state index in [0.717, 1.165) is 39.0 Å². The van der Waals surface area contributed by atoms with Crippen LogP contribution in [-0.4, -0.2) is 38.1 Å². The van der Waals surface area contributed by atoms with Crippen LogP contribution >= 0.6 is 0 Å². The molecular weight excluding hydrogens is 220 g/mol. The van der Waals surface area contributed by atoms with Gasteiger partial charge in [-0.3, -0.25) is 16.1 Å². The Morgan fingerprint density at radius 1 is 0.824 bits per heavy atom. The van der Waals surface area contributed by atoms with Crippen molar-refractivity contribution in [2.75, 3.05) is 26.2 Å². The molecule has 0 heterocycles. The van der Waals surface area contributed by atoms with Crippen LogP contribution in [0.15, 0.2) is 0 Å². The summed E-state index contributed by atoms with van der Waals surface area (Å²) in [4.78, 5) is 0. The van der Waals surface area contributed by atoms with E-state index in [0.29, 0.717) is 0 Å². The van der Waals surface area contributed by atoms with Gasteiger partial charge in [0, 0.05) is 0 Å². The molecule has 17 heavy (non-hydrogen) atoms. The zero-order chi connectivity index (χ0) is 13.5. The summed E-state index contributed by atoms with van der Waals surface area (Å²) >= 11 is 0. The highest BCUT2D eigenvalue weighted by Crippen LogP contribution is 1.81. The quantitative estimate of drug-likeness (QED) is 0.147. The number of unbranched alkanes of at least 4 members (excludes halogenated alkanes) is 1. The molecule has 0 aromatic heterocycles. The highest BCUT2D eigenvalue weighted by molar-refractivity contribution is 5.93. The van der Waals surface area contributed by atoms with Crippen LogP contribution in [0.2, 0.25) is 0 Å². The summed E-state index contributed by atoms with van der Waals surface area (Å²) in [6.45, 7) is 3.71. The highest BCUT2D eigenvalue weighted by Gasteiger charge is 1.85. The monoisotopic (exact) mass is 246 g/mol. The summed E-state index contributed by atoms with van der Waals surface area (Å²) in [5.41, 5.74) is 20.1. The zero-order valence-electron chi connectivity index (χ0n) is 10.3. The van der Waals surface area contributed by atoms with E-state index in [9.17, 15) is 0 Å². The molecule has 0 aliphatic heterocycles. The first-order valence-electron chi connectivity index (χ1n) is 5.60. The average molecular weight is 246 g/mol. The lowest BCUT2D eigenvalue weighted by molar-refractivity contribution is 0.611. The van der Waals surface area contributed by atoms with Crippen LogP contribution in [0.25, 0.3) is 0 Å². The summed E-state index contributed by atoms with van der Waals surface area (Å²) in [7, 11) is 0. The van der Waals surface area contributed by atoms with Gasteiger partial charge in [0.15, 0.2) is 11.9 Å². The van der Waals surface area contributed by atoms with Gasteiger partial charge in [-0.1, -0.05) is 0 Å². The Morgan fingerprint density at radius 3 is 1.65 bits per heavy atom. The van der Waals surface area contributed by atoms with Gasteiger partial charge in [0.1, 0.15) is 0 Å². The molecule has 0 radical (unpaired) electrons. The molecule has 0 bridgehead atoms. The zero-order valence-corrected chi connectivity index (χ0v) is 10.3. The molecule has 0 saturated carbocycles. The molecule has 0 fully saturated rings. The molecule has 0 aliphatic carbocycles. The molecule has 0 saturated heterocycles. The fraction of sp³-hybridized carbons (Fsp3) is 0.778. The van der Waals surface area contributed by atoms with Crippen molar-refractivity contribution in [1.29, 1.82) is 10.8 Å². The van der Waals surface area contributed by atoms with E-state index >= 15 is 0 Å². The average Bonchev–Trinajstić information content (AvgIpc) is 2.22. The Morgan fingerprint density at radius 2 is 1.29 bits per heavy atom. The van der Waals surface area contributed by atoms with Crippen LogP contribution in [0.1, 0.15) is 19.3 Å². The number of hydrogen-bond acceptors (Lipinski definition) is 5.